The minimum absolute atomic E-state index is 0.0553. The highest BCUT2D eigenvalue weighted by Gasteiger charge is 2.33. The van der Waals surface area contributed by atoms with E-state index in [1.54, 1.807) is 14.2 Å². The molecule has 0 aromatic heterocycles. The fraction of sp³-hybridized carbons (Fsp3) is 0.462. The Morgan fingerprint density at radius 1 is 1.18 bits per heavy atom. The molecule has 1 aliphatic rings. The number of anilines is 1. The molecule has 4 heteroatoms. The molecule has 4 nitrogen and oxygen atoms in total. The number of benzene rings is 1. The van der Waals surface area contributed by atoms with Crippen molar-refractivity contribution < 1.29 is 14.3 Å². The molecular formula is C13H17NO3. The molecule has 2 unspecified atom stereocenters. The summed E-state index contributed by atoms with van der Waals surface area (Å²) in [4.78, 5) is 13.1. The minimum Gasteiger partial charge on any atom is -0.377 e. The van der Waals surface area contributed by atoms with E-state index in [-0.39, 0.29) is 12.2 Å². The van der Waals surface area contributed by atoms with Gasteiger partial charge in [0.2, 0.25) is 0 Å². The van der Waals surface area contributed by atoms with Crippen molar-refractivity contribution in [3.8, 4) is 0 Å². The molecular weight excluding hydrogens is 218 g/mol. The molecule has 0 spiro atoms. The summed E-state index contributed by atoms with van der Waals surface area (Å²) in [5.41, 5.74) is 1.66. The number of aldehydes is 1. The first-order valence-electron chi connectivity index (χ1n) is 5.65. The summed E-state index contributed by atoms with van der Waals surface area (Å²) >= 11 is 0. The summed E-state index contributed by atoms with van der Waals surface area (Å²) < 4.78 is 10.8. The second-order valence-electron chi connectivity index (χ2n) is 4.13. The zero-order valence-corrected chi connectivity index (χ0v) is 10.1. The summed E-state index contributed by atoms with van der Waals surface area (Å²) in [5.74, 6) is 0. The molecule has 2 atom stereocenters. The zero-order valence-electron chi connectivity index (χ0n) is 10.1. The van der Waals surface area contributed by atoms with Gasteiger partial charge in [-0.05, 0) is 12.1 Å². The number of ether oxygens (including phenoxy) is 2. The number of methoxy groups -OCH3 is 2. The Balaban J connectivity index is 2.21. The zero-order chi connectivity index (χ0) is 12.3. The van der Waals surface area contributed by atoms with Crippen LogP contribution >= 0.6 is 0 Å². The average Bonchev–Trinajstić information content (AvgIpc) is 2.81. The Bertz CT molecular complexity index is 382. The lowest BCUT2D eigenvalue weighted by molar-refractivity contribution is -0.00461. The molecule has 1 heterocycles. The Morgan fingerprint density at radius 2 is 1.76 bits per heavy atom. The van der Waals surface area contributed by atoms with E-state index in [0.29, 0.717) is 5.56 Å². The molecule has 1 aliphatic heterocycles. The first kappa shape index (κ1) is 12.1. The lowest BCUT2D eigenvalue weighted by atomic mass is 10.2. The second-order valence-corrected chi connectivity index (χ2v) is 4.13. The first-order chi connectivity index (χ1) is 8.30. The van der Waals surface area contributed by atoms with Gasteiger partial charge in [-0.2, -0.15) is 0 Å². The van der Waals surface area contributed by atoms with Crippen molar-refractivity contribution in [2.45, 2.75) is 12.2 Å². The monoisotopic (exact) mass is 235 g/mol. The molecule has 17 heavy (non-hydrogen) atoms. The summed E-state index contributed by atoms with van der Waals surface area (Å²) in [5, 5.41) is 0. The van der Waals surface area contributed by atoms with Crippen LogP contribution in [0.3, 0.4) is 0 Å². The van der Waals surface area contributed by atoms with Crippen molar-refractivity contribution in [2.75, 3.05) is 32.2 Å². The lowest BCUT2D eigenvalue weighted by Crippen LogP contribution is -2.27. The molecule has 0 bridgehead atoms. The van der Waals surface area contributed by atoms with Gasteiger partial charge in [0.1, 0.15) is 12.2 Å². The van der Waals surface area contributed by atoms with Gasteiger partial charge in [0, 0.05) is 38.6 Å². The van der Waals surface area contributed by atoms with Gasteiger partial charge in [-0.3, -0.25) is 4.79 Å². The van der Waals surface area contributed by atoms with Crippen LogP contribution < -0.4 is 4.90 Å². The van der Waals surface area contributed by atoms with Crippen LogP contribution in [-0.2, 0) is 9.47 Å². The van der Waals surface area contributed by atoms with Gasteiger partial charge in [-0.15, -0.1) is 0 Å². The smallest absolute Gasteiger partial charge is 0.152 e. The van der Waals surface area contributed by atoms with E-state index in [4.69, 9.17) is 9.47 Å². The normalized spacial score (nSPS) is 24.0. The summed E-state index contributed by atoms with van der Waals surface area (Å²) in [6, 6.07) is 7.58. The van der Waals surface area contributed by atoms with E-state index < -0.39 is 0 Å². The van der Waals surface area contributed by atoms with Crippen molar-refractivity contribution in [2.24, 2.45) is 0 Å². The topological polar surface area (TPSA) is 38.8 Å². The molecule has 92 valence electrons. The fourth-order valence-electron chi connectivity index (χ4n) is 2.27. The Morgan fingerprint density at radius 3 is 2.29 bits per heavy atom. The molecule has 0 amide bonds. The highest BCUT2D eigenvalue weighted by molar-refractivity contribution is 5.84. The van der Waals surface area contributed by atoms with Gasteiger partial charge in [0.15, 0.2) is 6.29 Å². The number of hydrogen-bond donors (Lipinski definition) is 0. The number of hydrogen-bond acceptors (Lipinski definition) is 4. The average molecular weight is 235 g/mol. The highest BCUT2D eigenvalue weighted by atomic mass is 16.5. The van der Waals surface area contributed by atoms with Crippen molar-refractivity contribution in [1.29, 1.82) is 0 Å². The van der Waals surface area contributed by atoms with E-state index in [0.717, 1.165) is 25.1 Å². The van der Waals surface area contributed by atoms with Crippen molar-refractivity contribution in [3.63, 3.8) is 0 Å². The van der Waals surface area contributed by atoms with Gasteiger partial charge in [-0.1, -0.05) is 12.1 Å². The quantitative estimate of drug-likeness (QED) is 0.738. The SMILES string of the molecule is COC1CN(c2ccccc2C=O)CC1OC. The van der Waals surface area contributed by atoms with Crippen LogP contribution in [0.4, 0.5) is 5.69 Å². The highest BCUT2D eigenvalue weighted by Crippen LogP contribution is 2.25. The standard InChI is InChI=1S/C13H17NO3/c1-16-12-7-14(8-13(12)17-2)11-6-4-3-5-10(11)9-15/h3-6,9,12-13H,7-8H2,1-2H3. The van der Waals surface area contributed by atoms with Gasteiger partial charge in [0.25, 0.3) is 0 Å². The Labute approximate surface area is 101 Å². The third-order valence-corrected chi connectivity index (χ3v) is 3.23. The molecule has 0 saturated carbocycles. The minimum atomic E-state index is 0.0553. The van der Waals surface area contributed by atoms with Gasteiger partial charge >= 0.3 is 0 Å². The molecule has 1 aromatic carbocycles. The summed E-state index contributed by atoms with van der Waals surface area (Å²) in [6.07, 6.45) is 0.997. The van der Waals surface area contributed by atoms with E-state index >= 15 is 0 Å². The van der Waals surface area contributed by atoms with Gasteiger partial charge in [-0.25, -0.2) is 0 Å². The predicted molar refractivity (Wildman–Crippen MR) is 65.6 cm³/mol. The van der Waals surface area contributed by atoms with Crippen molar-refractivity contribution in [1.82, 2.24) is 0 Å². The van der Waals surface area contributed by atoms with Crippen LogP contribution in [0.1, 0.15) is 10.4 Å². The van der Waals surface area contributed by atoms with Crippen LogP contribution in [0.15, 0.2) is 24.3 Å². The van der Waals surface area contributed by atoms with Crippen molar-refractivity contribution >= 4 is 12.0 Å². The maximum Gasteiger partial charge on any atom is 0.152 e. The molecule has 0 N–H and O–H groups in total. The number of carbonyl (C=O) groups is 1. The summed E-state index contributed by atoms with van der Waals surface area (Å²) in [7, 11) is 3.37. The molecule has 1 aromatic rings. The third-order valence-electron chi connectivity index (χ3n) is 3.23. The van der Waals surface area contributed by atoms with Crippen LogP contribution in [0, 0.1) is 0 Å². The van der Waals surface area contributed by atoms with Gasteiger partial charge < -0.3 is 14.4 Å². The largest absolute Gasteiger partial charge is 0.377 e. The maximum atomic E-state index is 11.0. The number of para-hydroxylation sites is 1. The Hall–Kier alpha value is -1.39. The van der Waals surface area contributed by atoms with E-state index in [2.05, 4.69) is 4.90 Å². The fourth-order valence-corrected chi connectivity index (χ4v) is 2.27. The van der Waals surface area contributed by atoms with Crippen LogP contribution in [0.2, 0.25) is 0 Å². The van der Waals surface area contributed by atoms with E-state index in [1.807, 2.05) is 24.3 Å². The van der Waals surface area contributed by atoms with E-state index in [9.17, 15) is 4.79 Å². The lowest BCUT2D eigenvalue weighted by Gasteiger charge is -2.19. The predicted octanol–water partition coefficient (Wildman–Crippen LogP) is 1.35. The van der Waals surface area contributed by atoms with E-state index in [1.165, 1.54) is 0 Å². The molecule has 2 rings (SSSR count). The second kappa shape index (κ2) is 5.29. The maximum absolute atomic E-state index is 11.0. The van der Waals surface area contributed by atoms with Crippen LogP contribution in [0.5, 0.6) is 0 Å². The number of rotatable bonds is 4. The Kier molecular flexibility index (Phi) is 3.76. The third kappa shape index (κ3) is 2.33. The number of nitrogens with zero attached hydrogens (tertiary/aromatic N) is 1. The first-order valence-corrected chi connectivity index (χ1v) is 5.65. The molecule has 0 aliphatic carbocycles. The summed E-state index contributed by atoms with van der Waals surface area (Å²) in [6.45, 7) is 1.50. The molecule has 0 radical (unpaired) electrons. The van der Waals surface area contributed by atoms with Crippen LogP contribution in [-0.4, -0.2) is 45.8 Å². The molecule has 1 saturated heterocycles. The molecule has 1 fully saturated rings. The number of carbonyl (C=O) groups excluding carboxylic acids is 1. The van der Waals surface area contributed by atoms with Crippen LogP contribution in [0.25, 0.3) is 0 Å². The van der Waals surface area contributed by atoms with Gasteiger partial charge in [0.05, 0.1) is 0 Å². The van der Waals surface area contributed by atoms with Crippen molar-refractivity contribution in [3.05, 3.63) is 29.8 Å².